The Hall–Kier alpha value is -1.46. The van der Waals surface area contributed by atoms with Gasteiger partial charge in [-0.25, -0.2) is 4.39 Å². The summed E-state index contributed by atoms with van der Waals surface area (Å²) in [4.78, 5) is 8.38. The number of benzene rings is 1. The van der Waals surface area contributed by atoms with Crippen LogP contribution in [-0.4, -0.2) is 16.6 Å². The molecule has 2 aromatic rings. The van der Waals surface area contributed by atoms with Crippen LogP contribution >= 0.6 is 28.1 Å². The predicted octanol–water partition coefficient (Wildman–Crippen LogP) is 4.14. The van der Waals surface area contributed by atoms with Gasteiger partial charge >= 0.3 is 0 Å². The third kappa shape index (κ3) is 3.52. The third-order valence-corrected chi connectivity index (χ3v) is 3.31. The second kappa shape index (κ2) is 6.63. The van der Waals surface area contributed by atoms with Gasteiger partial charge in [-0.15, -0.1) is 0 Å². The van der Waals surface area contributed by atoms with Gasteiger partial charge in [-0.05, 0) is 51.3 Å². The van der Waals surface area contributed by atoms with Crippen molar-refractivity contribution in [3.05, 3.63) is 64.1 Å². The molecule has 0 radical (unpaired) electrons. The maximum absolute atomic E-state index is 13.3. The highest BCUT2D eigenvalue weighted by atomic mass is 79.9. The van der Waals surface area contributed by atoms with Crippen molar-refractivity contribution >= 4 is 39.7 Å². The van der Waals surface area contributed by atoms with Gasteiger partial charge in [-0.3, -0.25) is 9.98 Å². The fraction of sp³-hybridized carbons (Fsp3) is 0.0714. The Bertz CT molecular complexity index is 602. The molecule has 1 aromatic heterocycles. The summed E-state index contributed by atoms with van der Waals surface area (Å²) in [5.41, 5.74) is 1.86. The first kappa shape index (κ1) is 14.0. The second-order valence-electron chi connectivity index (χ2n) is 3.79. The first-order chi connectivity index (χ1) is 9.22. The normalized spacial score (nSPS) is 12.5. The molecule has 1 aromatic carbocycles. The summed E-state index contributed by atoms with van der Waals surface area (Å²) in [5, 5.41) is 1.45. The Balaban J connectivity index is 2.45. The van der Waals surface area contributed by atoms with Crippen molar-refractivity contribution in [2.24, 2.45) is 4.99 Å². The van der Waals surface area contributed by atoms with Gasteiger partial charge in [0.15, 0.2) is 0 Å². The molecule has 0 saturated heterocycles. The zero-order valence-corrected chi connectivity index (χ0v) is 12.2. The molecule has 0 N–H and O–H groups in total. The molecule has 0 spiro atoms. The van der Waals surface area contributed by atoms with Crippen LogP contribution in [0.1, 0.15) is 17.2 Å². The first-order valence-electron chi connectivity index (χ1n) is 5.54. The minimum Gasteiger partial charge on any atom is -0.279 e. The van der Waals surface area contributed by atoms with Crippen LogP contribution < -0.4 is 0 Å². The van der Waals surface area contributed by atoms with Crippen molar-refractivity contribution in [1.29, 1.82) is 0 Å². The summed E-state index contributed by atoms with van der Waals surface area (Å²) in [6, 6.07) is 8.39. The molecule has 1 heterocycles. The number of aromatic nitrogens is 1. The molecule has 5 heteroatoms. The quantitative estimate of drug-likeness (QED) is 0.619. The summed E-state index contributed by atoms with van der Waals surface area (Å²) >= 11 is 7.95. The number of halogens is 2. The van der Waals surface area contributed by atoms with Gasteiger partial charge in [-0.2, -0.15) is 0 Å². The summed E-state index contributed by atoms with van der Waals surface area (Å²) in [6.07, 6.45) is 4.97. The van der Waals surface area contributed by atoms with Crippen LogP contribution in [0.15, 0.2) is 52.2 Å². The molecular weight excluding hydrogens is 327 g/mol. The van der Waals surface area contributed by atoms with E-state index in [4.69, 9.17) is 12.2 Å². The van der Waals surface area contributed by atoms with Crippen LogP contribution in [0.25, 0.3) is 0 Å². The van der Waals surface area contributed by atoms with Gasteiger partial charge < -0.3 is 0 Å². The van der Waals surface area contributed by atoms with Crippen LogP contribution in [-0.2, 0) is 0 Å². The largest absolute Gasteiger partial charge is 0.279 e. The minimum absolute atomic E-state index is 0.223. The number of pyridine rings is 1. The van der Waals surface area contributed by atoms with Crippen molar-refractivity contribution < 1.29 is 4.39 Å². The molecule has 0 fully saturated rings. The van der Waals surface area contributed by atoms with Gasteiger partial charge in [0, 0.05) is 24.0 Å². The number of hydrogen-bond donors (Lipinski definition) is 0. The van der Waals surface area contributed by atoms with E-state index in [1.54, 1.807) is 30.7 Å². The topological polar surface area (TPSA) is 25.2 Å². The number of rotatable bonds is 4. The molecule has 0 saturated carbocycles. The average Bonchev–Trinajstić information content (AvgIpc) is 2.44. The van der Waals surface area contributed by atoms with E-state index in [1.807, 2.05) is 12.1 Å². The average molecular weight is 337 g/mol. The predicted molar refractivity (Wildman–Crippen MR) is 82.3 cm³/mol. The number of thiocarbonyl (C=S) groups is 1. The highest BCUT2D eigenvalue weighted by Crippen LogP contribution is 2.28. The zero-order valence-electron chi connectivity index (χ0n) is 9.83. The second-order valence-corrected chi connectivity index (χ2v) is 4.92. The molecule has 0 amide bonds. The Morgan fingerprint density at radius 3 is 2.58 bits per heavy atom. The molecule has 1 unspecified atom stereocenters. The lowest BCUT2D eigenvalue weighted by molar-refractivity contribution is 0.619. The Morgan fingerprint density at radius 2 is 1.95 bits per heavy atom. The Labute approximate surface area is 124 Å². The number of hydrogen-bond acceptors (Lipinski definition) is 3. The van der Waals surface area contributed by atoms with Crippen LogP contribution in [0.3, 0.4) is 0 Å². The monoisotopic (exact) mass is 336 g/mol. The molecule has 96 valence electrons. The zero-order chi connectivity index (χ0) is 13.7. The lowest BCUT2D eigenvalue weighted by Crippen LogP contribution is -1.99. The summed E-state index contributed by atoms with van der Waals surface area (Å²) in [7, 11) is 0. The molecule has 0 aliphatic heterocycles. The van der Waals surface area contributed by atoms with E-state index >= 15 is 0 Å². The van der Waals surface area contributed by atoms with E-state index in [-0.39, 0.29) is 11.9 Å². The van der Waals surface area contributed by atoms with E-state index in [1.165, 1.54) is 11.4 Å². The van der Waals surface area contributed by atoms with Crippen LogP contribution in [0.5, 0.6) is 0 Å². The molecular formula is C14H10BrFN2S. The van der Waals surface area contributed by atoms with Crippen LogP contribution in [0, 0.1) is 5.82 Å². The summed E-state index contributed by atoms with van der Waals surface area (Å²) < 4.78 is 13.7. The van der Waals surface area contributed by atoms with E-state index in [0.29, 0.717) is 4.47 Å². The third-order valence-electron chi connectivity index (χ3n) is 2.58. The standard InChI is InChI=1S/C14H10BrFN2S/c15-12-9-11(1-2-13(12)16)14(18-7-8-19)10-3-5-17-6-4-10/h1-9,14H. The van der Waals surface area contributed by atoms with Gasteiger partial charge in [-0.1, -0.05) is 18.3 Å². The highest BCUT2D eigenvalue weighted by Gasteiger charge is 2.13. The van der Waals surface area contributed by atoms with E-state index in [2.05, 4.69) is 25.9 Å². The molecule has 1 atom stereocenters. The first-order valence-corrected chi connectivity index (χ1v) is 6.80. The van der Waals surface area contributed by atoms with Crippen molar-refractivity contribution in [1.82, 2.24) is 4.98 Å². The number of aliphatic imine (C=N–C) groups is 1. The smallest absolute Gasteiger partial charge is 0.137 e. The molecule has 0 bridgehead atoms. The fourth-order valence-electron chi connectivity index (χ4n) is 1.71. The molecule has 0 aliphatic carbocycles. The van der Waals surface area contributed by atoms with Crippen LogP contribution in [0.2, 0.25) is 0 Å². The maximum atomic E-state index is 13.3. The van der Waals surface area contributed by atoms with Crippen molar-refractivity contribution in [3.63, 3.8) is 0 Å². The van der Waals surface area contributed by atoms with E-state index in [0.717, 1.165) is 11.1 Å². The van der Waals surface area contributed by atoms with E-state index in [9.17, 15) is 4.39 Å². The van der Waals surface area contributed by atoms with Crippen molar-refractivity contribution in [3.8, 4) is 0 Å². The van der Waals surface area contributed by atoms with Gasteiger partial charge in [0.25, 0.3) is 0 Å². The van der Waals surface area contributed by atoms with Gasteiger partial charge in [0.05, 0.1) is 4.47 Å². The van der Waals surface area contributed by atoms with Crippen molar-refractivity contribution in [2.45, 2.75) is 6.04 Å². The molecule has 2 nitrogen and oxygen atoms in total. The minimum atomic E-state index is -0.295. The van der Waals surface area contributed by atoms with Gasteiger partial charge in [0.2, 0.25) is 0 Å². The molecule has 19 heavy (non-hydrogen) atoms. The van der Waals surface area contributed by atoms with E-state index < -0.39 is 0 Å². The van der Waals surface area contributed by atoms with Crippen LogP contribution in [0.4, 0.5) is 4.39 Å². The van der Waals surface area contributed by atoms with Gasteiger partial charge in [0.1, 0.15) is 11.9 Å². The summed E-state index contributed by atoms with van der Waals surface area (Å²) in [5.74, 6) is -0.295. The maximum Gasteiger partial charge on any atom is 0.137 e. The van der Waals surface area contributed by atoms with Crippen molar-refractivity contribution in [2.75, 3.05) is 0 Å². The Kier molecular flexibility index (Phi) is 4.87. The lowest BCUT2D eigenvalue weighted by atomic mass is 10.0. The molecule has 0 aliphatic rings. The SMILES string of the molecule is Fc1ccc(C(N=CC=S)c2ccncc2)cc1Br. The summed E-state index contributed by atoms with van der Waals surface area (Å²) in [6.45, 7) is 0. The molecule has 2 rings (SSSR count). The lowest BCUT2D eigenvalue weighted by Gasteiger charge is -2.13. The number of nitrogens with zero attached hydrogens (tertiary/aromatic N) is 2. The Morgan fingerprint density at radius 1 is 1.21 bits per heavy atom. The fourth-order valence-corrected chi connectivity index (χ4v) is 2.18. The highest BCUT2D eigenvalue weighted by molar-refractivity contribution is 9.10.